The topological polar surface area (TPSA) is 39.3 Å². The zero-order valence-electron chi connectivity index (χ0n) is 12.5. The van der Waals surface area contributed by atoms with Gasteiger partial charge < -0.3 is 10.1 Å². The van der Waals surface area contributed by atoms with Gasteiger partial charge in [0, 0.05) is 35.6 Å². The summed E-state index contributed by atoms with van der Waals surface area (Å²) >= 11 is 0. The number of fused-ring (bicyclic) bond motifs is 2. The SMILES string of the molecule is CCCN1CC(CO)=C[C@@H]2c3cccc4[nH]cc(c34)C[C@H]21. The second-order valence-corrected chi connectivity index (χ2v) is 6.33. The normalized spacial score (nSPS) is 25.0. The third-order valence-electron chi connectivity index (χ3n) is 5.03. The van der Waals surface area contributed by atoms with Crippen LogP contribution < -0.4 is 0 Å². The van der Waals surface area contributed by atoms with Gasteiger partial charge in [-0.05, 0) is 42.2 Å². The summed E-state index contributed by atoms with van der Waals surface area (Å²) in [5.74, 6) is 0.416. The van der Waals surface area contributed by atoms with E-state index in [1.54, 1.807) is 0 Å². The van der Waals surface area contributed by atoms with Crippen molar-refractivity contribution in [2.75, 3.05) is 19.7 Å². The van der Waals surface area contributed by atoms with Gasteiger partial charge in [-0.3, -0.25) is 4.90 Å². The lowest BCUT2D eigenvalue weighted by atomic mass is 9.76. The monoisotopic (exact) mass is 282 g/mol. The number of hydrogen-bond acceptors (Lipinski definition) is 2. The van der Waals surface area contributed by atoms with E-state index in [9.17, 15) is 5.11 Å². The Morgan fingerprint density at radius 2 is 2.29 bits per heavy atom. The first-order chi connectivity index (χ1) is 10.3. The molecule has 2 heterocycles. The van der Waals surface area contributed by atoms with E-state index in [1.807, 2.05) is 0 Å². The van der Waals surface area contributed by atoms with E-state index in [4.69, 9.17) is 0 Å². The molecule has 1 aliphatic carbocycles. The fourth-order valence-corrected chi connectivity index (χ4v) is 4.16. The summed E-state index contributed by atoms with van der Waals surface area (Å²) in [6.45, 7) is 4.44. The van der Waals surface area contributed by atoms with Crippen LogP contribution in [0.15, 0.2) is 36.0 Å². The standard InChI is InChI=1S/C18H22N2O/c1-2-6-20-10-12(11-21)7-15-14-4-3-5-16-18(14)13(9-19-16)8-17(15)20/h3-5,7,9,15,17,19,21H,2,6,8,10-11H2,1H3/t15-,17-/m1/s1. The number of rotatable bonds is 3. The number of aliphatic hydroxyl groups excluding tert-OH is 1. The zero-order chi connectivity index (χ0) is 14.4. The van der Waals surface area contributed by atoms with Crippen LogP contribution in [-0.2, 0) is 6.42 Å². The molecular weight excluding hydrogens is 260 g/mol. The van der Waals surface area contributed by atoms with Gasteiger partial charge >= 0.3 is 0 Å². The molecule has 2 N–H and O–H groups in total. The molecule has 4 rings (SSSR count). The van der Waals surface area contributed by atoms with Crippen LogP contribution in [0.2, 0.25) is 0 Å². The van der Waals surface area contributed by atoms with Crippen LogP contribution >= 0.6 is 0 Å². The number of H-pyrrole nitrogens is 1. The highest BCUT2D eigenvalue weighted by atomic mass is 16.3. The van der Waals surface area contributed by atoms with E-state index in [1.165, 1.54) is 27.6 Å². The van der Waals surface area contributed by atoms with Gasteiger partial charge in [-0.1, -0.05) is 25.1 Å². The number of nitrogens with zero attached hydrogens (tertiary/aromatic N) is 1. The summed E-state index contributed by atoms with van der Waals surface area (Å²) < 4.78 is 0. The molecule has 21 heavy (non-hydrogen) atoms. The summed E-state index contributed by atoms with van der Waals surface area (Å²) in [6.07, 6.45) is 6.77. The van der Waals surface area contributed by atoms with Gasteiger partial charge in [-0.25, -0.2) is 0 Å². The van der Waals surface area contributed by atoms with Gasteiger partial charge in [0.2, 0.25) is 0 Å². The lowest BCUT2D eigenvalue weighted by molar-refractivity contribution is 0.171. The quantitative estimate of drug-likeness (QED) is 0.850. The first kappa shape index (κ1) is 13.1. The van der Waals surface area contributed by atoms with Gasteiger partial charge in [-0.2, -0.15) is 0 Å². The highest BCUT2D eigenvalue weighted by Crippen LogP contribution is 2.42. The summed E-state index contributed by atoms with van der Waals surface area (Å²) in [5.41, 5.74) is 5.28. The Hall–Kier alpha value is -1.58. The van der Waals surface area contributed by atoms with Crippen molar-refractivity contribution in [2.24, 2.45) is 0 Å². The van der Waals surface area contributed by atoms with Crippen molar-refractivity contribution in [3.05, 3.63) is 47.2 Å². The van der Waals surface area contributed by atoms with Crippen molar-refractivity contribution >= 4 is 10.9 Å². The van der Waals surface area contributed by atoms with E-state index in [2.05, 4.69) is 47.3 Å². The minimum Gasteiger partial charge on any atom is -0.392 e. The van der Waals surface area contributed by atoms with Crippen LogP contribution in [-0.4, -0.2) is 40.7 Å². The van der Waals surface area contributed by atoms with E-state index >= 15 is 0 Å². The molecule has 1 aliphatic heterocycles. The molecule has 2 aromatic rings. The third-order valence-corrected chi connectivity index (χ3v) is 5.03. The van der Waals surface area contributed by atoms with Gasteiger partial charge in [0.25, 0.3) is 0 Å². The maximum Gasteiger partial charge on any atom is 0.0654 e. The lowest BCUT2D eigenvalue weighted by Crippen LogP contribution is -2.46. The molecule has 110 valence electrons. The van der Waals surface area contributed by atoms with E-state index in [0.29, 0.717) is 12.0 Å². The Bertz CT molecular complexity index is 700. The molecule has 2 aliphatic rings. The van der Waals surface area contributed by atoms with Crippen molar-refractivity contribution in [3.63, 3.8) is 0 Å². The number of nitrogens with one attached hydrogen (secondary N) is 1. The first-order valence-electron chi connectivity index (χ1n) is 7.95. The van der Waals surface area contributed by atoms with Crippen molar-refractivity contribution in [1.29, 1.82) is 0 Å². The second-order valence-electron chi connectivity index (χ2n) is 6.33. The molecule has 0 saturated heterocycles. The van der Waals surface area contributed by atoms with Crippen molar-refractivity contribution < 1.29 is 5.11 Å². The molecule has 0 spiro atoms. The van der Waals surface area contributed by atoms with Crippen LogP contribution in [0.3, 0.4) is 0 Å². The molecule has 0 unspecified atom stereocenters. The van der Waals surface area contributed by atoms with Gasteiger partial charge in [-0.15, -0.1) is 0 Å². The highest BCUT2D eigenvalue weighted by Gasteiger charge is 2.36. The van der Waals surface area contributed by atoms with Crippen molar-refractivity contribution in [3.8, 4) is 0 Å². The second kappa shape index (κ2) is 5.00. The number of aromatic nitrogens is 1. The Kier molecular flexibility index (Phi) is 3.12. The maximum atomic E-state index is 9.62. The Morgan fingerprint density at radius 3 is 3.10 bits per heavy atom. The number of aromatic amines is 1. The fourth-order valence-electron chi connectivity index (χ4n) is 4.16. The molecule has 1 aromatic heterocycles. The first-order valence-corrected chi connectivity index (χ1v) is 7.95. The fraction of sp³-hybridized carbons (Fsp3) is 0.444. The zero-order valence-corrected chi connectivity index (χ0v) is 12.5. The van der Waals surface area contributed by atoms with Crippen molar-refractivity contribution in [2.45, 2.75) is 31.7 Å². The Morgan fingerprint density at radius 1 is 1.38 bits per heavy atom. The van der Waals surface area contributed by atoms with Crippen LogP contribution in [0, 0.1) is 0 Å². The van der Waals surface area contributed by atoms with E-state index in [-0.39, 0.29) is 6.61 Å². The van der Waals surface area contributed by atoms with Gasteiger partial charge in [0.05, 0.1) is 6.61 Å². The maximum absolute atomic E-state index is 9.62. The largest absolute Gasteiger partial charge is 0.392 e. The molecule has 2 atom stereocenters. The van der Waals surface area contributed by atoms with Gasteiger partial charge in [0.15, 0.2) is 0 Å². The van der Waals surface area contributed by atoms with Crippen LogP contribution in [0.4, 0.5) is 0 Å². The molecule has 3 heteroatoms. The number of hydrogen-bond donors (Lipinski definition) is 2. The predicted octanol–water partition coefficient (Wildman–Crippen LogP) is 2.82. The third kappa shape index (κ3) is 1.95. The van der Waals surface area contributed by atoms with Crippen molar-refractivity contribution in [1.82, 2.24) is 9.88 Å². The molecule has 1 aromatic carbocycles. The predicted molar refractivity (Wildman–Crippen MR) is 85.6 cm³/mol. The molecular formula is C18H22N2O. The highest BCUT2D eigenvalue weighted by molar-refractivity contribution is 5.88. The summed E-state index contributed by atoms with van der Waals surface area (Å²) in [7, 11) is 0. The molecule has 0 amide bonds. The Labute approximate surface area is 125 Å². The van der Waals surface area contributed by atoms with E-state index in [0.717, 1.165) is 25.9 Å². The average molecular weight is 282 g/mol. The number of benzene rings is 1. The van der Waals surface area contributed by atoms with E-state index < -0.39 is 0 Å². The smallest absolute Gasteiger partial charge is 0.0654 e. The molecule has 0 bridgehead atoms. The Balaban J connectivity index is 1.86. The lowest BCUT2D eigenvalue weighted by Gasteiger charge is -2.43. The average Bonchev–Trinajstić information content (AvgIpc) is 2.93. The van der Waals surface area contributed by atoms with Gasteiger partial charge in [0.1, 0.15) is 0 Å². The minimum absolute atomic E-state index is 0.180. The summed E-state index contributed by atoms with van der Waals surface area (Å²) in [5, 5.41) is 11.0. The molecule has 0 radical (unpaired) electrons. The summed E-state index contributed by atoms with van der Waals surface area (Å²) in [6, 6.07) is 7.10. The van der Waals surface area contributed by atoms with Crippen LogP contribution in [0.5, 0.6) is 0 Å². The summed E-state index contributed by atoms with van der Waals surface area (Å²) in [4.78, 5) is 5.97. The molecule has 3 nitrogen and oxygen atoms in total. The minimum atomic E-state index is 0.180. The van der Waals surface area contributed by atoms with Crippen LogP contribution in [0.25, 0.3) is 10.9 Å². The molecule has 0 fully saturated rings. The number of aliphatic hydroxyl groups is 1. The molecule has 0 saturated carbocycles. The van der Waals surface area contributed by atoms with Crippen LogP contribution in [0.1, 0.15) is 30.4 Å².